The molecule has 7 nitrogen and oxygen atoms in total. The average molecular weight is 447 g/mol. The zero-order chi connectivity index (χ0) is 22.9. The van der Waals surface area contributed by atoms with Gasteiger partial charge in [-0.05, 0) is 49.6 Å². The SMILES string of the molecule is Cc1ccc2c(NC3CC3)onc2c1-c1cc2cn(-c3c(F)cccc3F)nc2n(C)c1=O. The highest BCUT2D eigenvalue weighted by atomic mass is 19.1. The lowest BCUT2D eigenvalue weighted by molar-refractivity contribution is 0.440. The second-order valence-corrected chi connectivity index (χ2v) is 8.43. The second kappa shape index (κ2) is 6.99. The van der Waals surface area contributed by atoms with E-state index in [9.17, 15) is 13.6 Å². The molecule has 3 aromatic heterocycles. The van der Waals surface area contributed by atoms with Crippen molar-refractivity contribution < 1.29 is 13.3 Å². The molecule has 9 heteroatoms. The molecule has 0 bridgehead atoms. The summed E-state index contributed by atoms with van der Waals surface area (Å²) in [6.07, 6.45) is 3.69. The number of hydrogen-bond acceptors (Lipinski definition) is 5. The van der Waals surface area contributed by atoms with Crippen LogP contribution in [0.5, 0.6) is 0 Å². The molecule has 1 aliphatic carbocycles. The smallest absolute Gasteiger partial charge is 0.259 e. The lowest BCUT2D eigenvalue weighted by Crippen LogP contribution is -2.19. The maximum Gasteiger partial charge on any atom is 0.259 e. The number of pyridine rings is 1. The molecule has 0 amide bonds. The van der Waals surface area contributed by atoms with Gasteiger partial charge in [0.15, 0.2) is 17.3 Å². The van der Waals surface area contributed by atoms with E-state index in [1.54, 1.807) is 13.1 Å². The maximum absolute atomic E-state index is 14.3. The zero-order valence-corrected chi connectivity index (χ0v) is 17.9. The van der Waals surface area contributed by atoms with Crippen LogP contribution >= 0.6 is 0 Å². The van der Waals surface area contributed by atoms with Crippen molar-refractivity contribution in [3.8, 4) is 16.8 Å². The van der Waals surface area contributed by atoms with Crippen molar-refractivity contribution >= 4 is 27.8 Å². The first-order chi connectivity index (χ1) is 15.9. The van der Waals surface area contributed by atoms with Gasteiger partial charge in [0.05, 0.1) is 10.9 Å². The minimum absolute atomic E-state index is 0.294. The van der Waals surface area contributed by atoms with Gasteiger partial charge < -0.3 is 9.84 Å². The minimum Gasteiger partial charge on any atom is -0.351 e. The molecule has 0 unspecified atom stereocenters. The van der Waals surface area contributed by atoms with Crippen molar-refractivity contribution in [2.75, 3.05) is 5.32 Å². The highest BCUT2D eigenvalue weighted by molar-refractivity contribution is 6.01. The summed E-state index contributed by atoms with van der Waals surface area (Å²) in [5, 5.41) is 13.2. The monoisotopic (exact) mass is 447 g/mol. The molecule has 0 radical (unpaired) electrons. The van der Waals surface area contributed by atoms with Gasteiger partial charge in [0, 0.05) is 30.2 Å². The Morgan fingerprint density at radius 3 is 2.64 bits per heavy atom. The predicted octanol–water partition coefficient (Wildman–Crippen LogP) is 4.69. The topological polar surface area (TPSA) is 77.9 Å². The molecular formula is C24H19F2N5O2. The molecule has 0 aliphatic heterocycles. The summed E-state index contributed by atoms with van der Waals surface area (Å²) in [5.74, 6) is -0.895. The van der Waals surface area contributed by atoms with Crippen molar-refractivity contribution in [1.82, 2.24) is 19.5 Å². The Morgan fingerprint density at radius 1 is 1.15 bits per heavy atom. The van der Waals surface area contributed by atoms with E-state index in [2.05, 4.69) is 15.6 Å². The zero-order valence-electron chi connectivity index (χ0n) is 17.9. The first-order valence-corrected chi connectivity index (χ1v) is 10.6. The highest BCUT2D eigenvalue weighted by Gasteiger charge is 2.25. The Kier molecular flexibility index (Phi) is 4.17. The van der Waals surface area contributed by atoms with Gasteiger partial charge in [-0.15, -0.1) is 5.10 Å². The summed E-state index contributed by atoms with van der Waals surface area (Å²) >= 11 is 0. The summed E-state index contributed by atoms with van der Waals surface area (Å²) < 4.78 is 36.7. The summed E-state index contributed by atoms with van der Waals surface area (Å²) in [7, 11) is 1.58. The van der Waals surface area contributed by atoms with Crippen LogP contribution in [0.4, 0.5) is 14.7 Å². The normalized spacial score (nSPS) is 13.8. The van der Waals surface area contributed by atoms with Crippen molar-refractivity contribution in [3.63, 3.8) is 0 Å². The number of nitrogens with one attached hydrogen (secondary N) is 1. The van der Waals surface area contributed by atoms with Gasteiger partial charge in [0.2, 0.25) is 5.88 Å². The van der Waals surface area contributed by atoms with Gasteiger partial charge in [-0.25, -0.2) is 13.5 Å². The first-order valence-electron chi connectivity index (χ1n) is 10.6. The third-order valence-electron chi connectivity index (χ3n) is 6.08. The van der Waals surface area contributed by atoms with Crippen LogP contribution in [0.3, 0.4) is 0 Å². The van der Waals surface area contributed by atoms with Crippen LogP contribution in [0.1, 0.15) is 18.4 Å². The molecule has 0 saturated heterocycles. The number of fused-ring (bicyclic) bond motifs is 2. The molecule has 3 heterocycles. The first kappa shape index (κ1) is 19.7. The maximum atomic E-state index is 14.3. The summed E-state index contributed by atoms with van der Waals surface area (Å²) in [6.45, 7) is 1.90. The highest BCUT2D eigenvalue weighted by Crippen LogP contribution is 2.36. The Balaban J connectivity index is 1.57. The molecule has 1 saturated carbocycles. The van der Waals surface area contributed by atoms with Gasteiger partial charge in [-0.1, -0.05) is 17.3 Å². The molecule has 1 aliphatic rings. The van der Waals surface area contributed by atoms with E-state index in [1.165, 1.54) is 16.8 Å². The number of halogens is 2. The van der Waals surface area contributed by atoms with Crippen LogP contribution in [-0.4, -0.2) is 25.5 Å². The number of para-hydroxylation sites is 1. The fraction of sp³-hybridized carbons (Fsp3) is 0.208. The molecule has 0 atom stereocenters. The van der Waals surface area contributed by atoms with Crippen molar-refractivity contribution in [1.29, 1.82) is 0 Å². The number of nitrogens with zero attached hydrogens (tertiary/aromatic N) is 4. The quantitative estimate of drug-likeness (QED) is 0.432. The Morgan fingerprint density at radius 2 is 1.91 bits per heavy atom. The lowest BCUT2D eigenvalue weighted by atomic mass is 9.98. The summed E-state index contributed by atoms with van der Waals surface area (Å²) in [6, 6.07) is 9.54. The van der Waals surface area contributed by atoms with E-state index < -0.39 is 11.6 Å². The van der Waals surface area contributed by atoms with Crippen LogP contribution in [0.25, 0.3) is 38.8 Å². The van der Waals surface area contributed by atoms with Crippen LogP contribution in [0, 0.1) is 18.6 Å². The summed E-state index contributed by atoms with van der Waals surface area (Å²) in [4.78, 5) is 13.3. The van der Waals surface area contributed by atoms with Crippen LogP contribution in [0.2, 0.25) is 0 Å². The number of aryl methyl sites for hydroxylation is 2. The third kappa shape index (κ3) is 3.03. The van der Waals surface area contributed by atoms with Crippen molar-refractivity contribution in [2.45, 2.75) is 25.8 Å². The number of anilines is 1. The number of rotatable bonds is 4. The molecule has 5 aromatic rings. The van der Waals surface area contributed by atoms with Crippen LogP contribution in [0.15, 0.2) is 51.9 Å². The lowest BCUT2D eigenvalue weighted by Gasteiger charge is -2.09. The van der Waals surface area contributed by atoms with Gasteiger partial charge in [-0.3, -0.25) is 9.36 Å². The molecule has 1 N–H and O–H groups in total. The standard InChI is InChI=1S/C24H19F2N5O2/c1-12-6-9-15-20(29-33-23(15)27-14-7-8-14)19(12)16-10-13-11-31(28-22(13)30(2)24(16)32)21-17(25)4-3-5-18(21)26/h3-6,9-11,14,27H,7-8H2,1-2H3. The number of hydrogen-bond donors (Lipinski definition) is 1. The van der Waals surface area contributed by atoms with Crippen molar-refractivity contribution in [2.24, 2.45) is 7.05 Å². The molecular weight excluding hydrogens is 428 g/mol. The van der Waals surface area contributed by atoms with E-state index in [1.807, 2.05) is 19.1 Å². The van der Waals surface area contributed by atoms with Crippen LogP contribution in [-0.2, 0) is 7.05 Å². The van der Waals surface area contributed by atoms with Gasteiger partial charge in [-0.2, -0.15) is 0 Å². The molecule has 6 rings (SSSR count). The van der Waals surface area contributed by atoms with Crippen LogP contribution < -0.4 is 10.9 Å². The molecule has 33 heavy (non-hydrogen) atoms. The van der Waals surface area contributed by atoms with Gasteiger partial charge >= 0.3 is 0 Å². The van der Waals surface area contributed by atoms with Gasteiger partial charge in [0.1, 0.15) is 11.2 Å². The average Bonchev–Trinajstić information content (AvgIpc) is 3.36. The molecule has 166 valence electrons. The molecule has 1 fully saturated rings. The third-order valence-corrected chi connectivity index (χ3v) is 6.08. The Bertz CT molecular complexity index is 1610. The Hall–Kier alpha value is -4.01. The van der Waals surface area contributed by atoms with E-state index in [0.29, 0.717) is 39.6 Å². The minimum atomic E-state index is -0.744. The number of benzene rings is 2. The van der Waals surface area contributed by atoms with E-state index in [-0.39, 0.29) is 11.2 Å². The fourth-order valence-corrected chi connectivity index (χ4v) is 4.20. The molecule has 2 aromatic carbocycles. The van der Waals surface area contributed by atoms with E-state index in [4.69, 9.17) is 4.52 Å². The fourth-order valence-electron chi connectivity index (χ4n) is 4.20. The van der Waals surface area contributed by atoms with Crippen molar-refractivity contribution in [3.05, 3.63) is 70.1 Å². The summed E-state index contributed by atoms with van der Waals surface area (Å²) in [5.41, 5.74) is 2.23. The predicted molar refractivity (Wildman–Crippen MR) is 121 cm³/mol. The van der Waals surface area contributed by atoms with Gasteiger partial charge in [0.25, 0.3) is 5.56 Å². The molecule has 0 spiro atoms. The largest absolute Gasteiger partial charge is 0.351 e. The van der Waals surface area contributed by atoms with E-state index >= 15 is 0 Å². The second-order valence-electron chi connectivity index (χ2n) is 8.43. The number of aromatic nitrogens is 4. The van der Waals surface area contributed by atoms with E-state index in [0.717, 1.165) is 40.6 Å². The Labute approximate surface area is 186 Å².